The molecule has 0 spiro atoms. The largest absolute Gasteiger partial charge is 0.493 e. The van der Waals surface area contributed by atoms with Gasteiger partial charge in [0.1, 0.15) is 5.75 Å². The van der Waals surface area contributed by atoms with Crippen molar-refractivity contribution in [3.05, 3.63) is 47.5 Å². The van der Waals surface area contributed by atoms with Crippen LogP contribution in [-0.4, -0.2) is 46.4 Å². The molecule has 1 amide bonds. The molecule has 0 aromatic heterocycles. The highest BCUT2D eigenvalue weighted by molar-refractivity contribution is 7.92. The standard InChI is InChI=1S/C22H28N2O6S/c1-14(2)29-19-9-7-16(11-20(19)28-4)12-23-22(25)21-13-24(31(5,26)27)17-10-15(3)6-8-18(17)30-21/h6-11,14,21H,12-13H2,1-5H3,(H,23,25)/t21-/m0/s1. The summed E-state index contributed by atoms with van der Waals surface area (Å²) in [4.78, 5) is 12.8. The molecular weight excluding hydrogens is 420 g/mol. The molecule has 0 fully saturated rings. The Morgan fingerprint density at radius 3 is 2.61 bits per heavy atom. The summed E-state index contributed by atoms with van der Waals surface area (Å²) >= 11 is 0. The maximum Gasteiger partial charge on any atom is 0.263 e. The fourth-order valence-corrected chi connectivity index (χ4v) is 4.19. The van der Waals surface area contributed by atoms with E-state index in [4.69, 9.17) is 14.2 Å². The number of methoxy groups -OCH3 is 1. The lowest BCUT2D eigenvalue weighted by molar-refractivity contribution is -0.127. The van der Waals surface area contributed by atoms with Crippen LogP contribution in [0.5, 0.6) is 17.2 Å². The summed E-state index contributed by atoms with van der Waals surface area (Å²) < 4.78 is 42.7. The zero-order chi connectivity index (χ0) is 22.8. The molecule has 0 unspecified atom stereocenters. The number of carbonyl (C=O) groups excluding carboxylic acids is 1. The van der Waals surface area contributed by atoms with E-state index >= 15 is 0 Å². The molecule has 31 heavy (non-hydrogen) atoms. The summed E-state index contributed by atoms with van der Waals surface area (Å²) in [5.41, 5.74) is 2.16. The number of amides is 1. The van der Waals surface area contributed by atoms with Gasteiger partial charge in [-0.05, 0) is 56.2 Å². The van der Waals surface area contributed by atoms with Crippen molar-refractivity contribution in [3.8, 4) is 17.2 Å². The number of nitrogens with one attached hydrogen (secondary N) is 1. The van der Waals surface area contributed by atoms with Crippen LogP contribution in [0.3, 0.4) is 0 Å². The number of carbonyl (C=O) groups is 1. The van der Waals surface area contributed by atoms with Gasteiger partial charge in [-0.15, -0.1) is 0 Å². The third kappa shape index (κ3) is 5.41. The second kappa shape index (κ2) is 9.05. The first-order valence-electron chi connectivity index (χ1n) is 9.94. The van der Waals surface area contributed by atoms with Crippen molar-refractivity contribution < 1.29 is 27.4 Å². The molecule has 0 radical (unpaired) electrons. The monoisotopic (exact) mass is 448 g/mol. The number of fused-ring (bicyclic) bond motifs is 1. The van der Waals surface area contributed by atoms with E-state index in [0.29, 0.717) is 22.9 Å². The van der Waals surface area contributed by atoms with Crippen molar-refractivity contribution in [2.45, 2.75) is 39.5 Å². The van der Waals surface area contributed by atoms with Crippen LogP contribution in [0.2, 0.25) is 0 Å². The van der Waals surface area contributed by atoms with Gasteiger partial charge >= 0.3 is 0 Å². The van der Waals surface area contributed by atoms with Crippen molar-refractivity contribution in [3.63, 3.8) is 0 Å². The molecular formula is C22H28N2O6S. The van der Waals surface area contributed by atoms with Crippen molar-refractivity contribution >= 4 is 21.6 Å². The fourth-order valence-electron chi connectivity index (χ4n) is 3.29. The van der Waals surface area contributed by atoms with Crippen molar-refractivity contribution in [1.82, 2.24) is 5.32 Å². The maximum absolute atomic E-state index is 12.8. The van der Waals surface area contributed by atoms with Gasteiger partial charge in [-0.25, -0.2) is 8.42 Å². The Hall–Kier alpha value is -2.94. The lowest BCUT2D eigenvalue weighted by atomic mass is 10.1. The third-order valence-electron chi connectivity index (χ3n) is 4.73. The summed E-state index contributed by atoms with van der Waals surface area (Å²) in [7, 11) is -2.02. The Morgan fingerprint density at radius 2 is 1.97 bits per heavy atom. The predicted octanol–water partition coefficient (Wildman–Crippen LogP) is 2.63. The molecule has 1 heterocycles. The second-order valence-corrected chi connectivity index (χ2v) is 9.65. The number of nitrogens with zero attached hydrogens (tertiary/aromatic N) is 1. The Bertz CT molecular complexity index is 1070. The molecule has 0 bridgehead atoms. The molecule has 8 nitrogen and oxygen atoms in total. The molecule has 1 N–H and O–H groups in total. The van der Waals surface area contributed by atoms with E-state index in [-0.39, 0.29) is 19.2 Å². The number of ether oxygens (including phenoxy) is 3. The number of hydrogen-bond donors (Lipinski definition) is 1. The molecule has 1 aliphatic rings. The van der Waals surface area contributed by atoms with Crippen LogP contribution >= 0.6 is 0 Å². The minimum absolute atomic E-state index is 0.00681. The zero-order valence-corrected chi connectivity index (χ0v) is 19.2. The summed E-state index contributed by atoms with van der Waals surface area (Å²) in [5.74, 6) is 1.15. The molecule has 168 valence electrons. The van der Waals surface area contributed by atoms with Crippen LogP contribution in [-0.2, 0) is 21.4 Å². The van der Waals surface area contributed by atoms with Gasteiger partial charge in [0.2, 0.25) is 10.0 Å². The first-order chi connectivity index (χ1) is 14.6. The molecule has 1 atom stereocenters. The molecule has 3 rings (SSSR count). The Balaban J connectivity index is 1.73. The quantitative estimate of drug-likeness (QED) is 0.700. The van der Waals surface area contributed by atoms with Crippen molar-refractivity contribution in [1.29, 1.82) is 0 Å². The number of hydrogen-bond acceptors (Lipinski definition) is 6. The third-order valence-corrected chi connectivity index (χ3v) is 5.88. The van der Waals surface area contributed by atoms with E-state index in [0.717, 1.165) is 17.4 Å². The van der Waals surface area contributed by atoms with Crippen LogP contribution < -0.4 is 23.8 Å². The summed E-state index contributed by atoms with van der Waals surface area (Å²) in [5, 5.41) is 2.81. The van der Waals surface area contributed by atoms with Crippen molar-refractivity contribution in [2.24, 2.45) is 0 Å². The van der Waals surface area contributed by atoms with Gasteiger partial charge in [0.05, 0.1) is 31.7 Å². The minimum Gasteiger partial charge on any atom is -0.493 e. The Morgan fingerprint density at radius 1 is 1.23 bits per heavy atom. The smallest absolute Gasteiger partial charge is 0.263 e. The van der Waals surface area contributed by atoms with Gasteiger partial charge in [-0.1, -0.05) is 12.1 Å². The van der Waals surface area contributed by atoms with Gasteiger partial charge in [-0.3, -0.25) is 9.10 Å². The number of rotatable bonds is 7. The highest BCUT2D eigenvalue weighted by Gasteiger charge is 2.35. The highest BCUT2D eigenvalue weighted by Crippen LogP contribution is 2.36. The van der Waals surface area contributed by atoms with Crippen LogP contribution in [0.1, 0.15) is 25.0 Å². The number of sulfonamides is 1. The maximum atomic E-state index is 12.8. The van der Waals surface area contributed by atoms with E-state index in [2.05, 4.69) is 5.32 Å². The lowest BCUT2D eigenvalue weighted by Crippen LogP contribution is -2.50. The lowest BCUT2D eigenvalue weighted by Gasteiger charge is -2.34. The van der Waals surface area contributed by atoms with E-state index in [9.17, 15) is 13.2 Å². The van der Waals surface area contributed by atoms with Crippen LogP contribution in [0, 0.1) is 6.92 Å². The predicted molar refractivity (Wildman–Crippen MR) is 118 cm³/mol. The Kier molecular flexibility index (Phi) is 6.64. The van der Waals surface area contributed by atoms with Crippen LogP contribution in [0.15, 0.2) is 36.4 Å². The Labute approximate surface area is 183 Å². The summed E-state index contributed by atoms with van der Waals surface area (Å²) in [6, 6.07) is 10.6. The van der Waals surface area contributed by atoms with E-state index in [1.54, 1.807) is 31.4 Å². The molecule has 2 aromatic carbocycles. The van der Waals surface area contributed by atoms with Gasteiger partial charge < -0.3 is 19.5 Å². The number of anilines is 1. The van der Waals surface area contributed by atoms with Crippen molar-refractivity contribution in [2.75, 3.05) is 24.2 Å². The minimum atomic E-state index is -3.57. The fraction of sp³-hybridized carbons (Fsp3) is 0.409. The van der Waals surface area contributed by atoms with E-state index < -0.39 is 22.0 Å². The average Bonchev–Trinajstić information content (AvgIpc) is 2.70. The molecule has 1 aliphatic heterocycles. The molecule has 2 aromatic rings. The molecule has 9 heteroatoms. The normalized spacial score (nSPS) is 15.8. The molecule has 0 aliphatic carbocycles. The first-order valence-corrected chi connectivity index (χ1v) is 11.8. The van der Waals surface area contributed by atoms with Gasteiger partial charge in [0, 0.05) is 6.54 Å². The summed E-state index contributed by atoms with van der Waals surface area (Å²) in [6.07, 6.45) is 0.162. The second-order valence-electron chi connectivity index (χ2n) is 7.74. The van der Waals surface area contributed by atoms with E-state index in [1.807, 2.05) is 32.9 Å². The van der Waals surface area contributed by atoms with Gasteiger partial charge in [0.15, 0.2) is 17.6 Å². The summed E-state index contributed by atoms with van der Waals surface area (Å²) in [6.45, 7) is 5.86. The average molecular weight is 449 g/mol. The first kappa shape index (κ1) is 22.7. The number of aryl methyl sites for hydroxylation is 1. The van der Waals surface area contributed by atoms with E-state index in [1.165, 1.54) is 4.31 Å². The molecule has 0 saturated heterocycles. The zero-order valence-electron chi connectivity index (χ0n) is 18.3. The van der Waals surface area contributed by atoms with Gasteiger partial charge in [0.25, 0.3) is 5.91 Å². The topological polar surface area (TPSA) is 94.2 Å². The SMILES string of the molecule is COc1cc(CNC(=O)[C@@H]2CN(S(C)(=O)=O)c3cc(C)ccc3O2)ccc1OC(C)C. The molecule has 0 saturated carbocycles. The van der Waals surface area contributed by atoms with Crippen LogP contribution in [0.25, 0.3) is 0 Å². The van der Waals surface area contributed by atoms with Gasteiger partial charge in [-0.2, -0.15) is 0 Å². The highest BCUT2D eigenvalue weighted by atomic mass is 32.2. The number of benzene rings is 2. The van der Waals surface area contributed by atoms with Crippen LogP contribution in [0.4, 0.5) is 5.69 Å².